The SMILES string of the molecule is CCOC(=O)Cc1cc([N+](=O)[O-])c(C)nc1C(F)F. The normalized spacial score (nSPS) is 10.6. The molecule has 0 aromatic carbocycles. The van der Waals surface area contributed by atoms with Crippen LogP contribution in [0, 0.1) is 17.0 Å². The third-order valence-electron chi connectivity index (χ3n) is 2.34. The highest BCUT2D eigenvalue weighted by Crippen LogP contribution is 2.27. The summed E-state index contributed by atoms with van der Waals surface area (Å²) in [7, 11) is 0. The van der Waals surface area contributed by atoms with Gasteiger partial charge in [0.2, 0.25) is 0 Å². The van der Waals surface area contributed by atoms with E-state index in [0.717, 1.165) is 6.07 Å². The first-order chi connectivity index (χ1) is 8.86. The van der Waals surface area contributed by atoms with Crippen molar-refractivity contribution < 1.29 is 23.2 Å². The minimum absolute atomic E-state index is 0.101. The van der Waals surface area contributed by atoms with Gasteiger partial charge in [0.15, 0.2) is 0 Å². The number of ether oxygens (including phenoxy) is 1. The van der Waals surface area contributed by atoms with E-state index in [1.165, 1.54) is 6.92 Å². The highest BCUT2D eigenvalue weighted by Gasteiger charge is 2.23. The van der Waals surface area contributed by atoms with E-state index in [1.54, 1.807) is 6.92 Å². The van der Waals surface area contributed by atoms with Crippen molar-refractivity contribution in [2.24, 2.45) is 0 Å². The Morgan fingerprint density at radius 2 is 2.21 bits per heavy atom. The van der Waals surface area contributed by atoms with Crippen molar-refractivity contribution >= 4 is 11.7 Å². The second kappa shape index (κ2) is 6.17. The molecule has 0 N–H and O–H groups in total. The van der Waals surface area contributed by atoms with Crippen LogP contribution in [0.2, 0.25) is 0 Å². The number of nitro groups is 1. The summed E-state index contributed by atoms with van der Waals surface area (Å²) in [6, 6.07) is 0.945. The Morgan fingerprint density at radius 3 is 2.68 bits per heavy atom. The molecule has 1 aromatic rings. The van der Waals surface area contributed by atoms with Gasteiger partial charge in [-0.1, -0.05) is 0 Å². The Balaban J connectivity index is 3.21. The van der Waals surface area contributed by atoms with Gasteiger partial charge in [0, 0.05) is 6.07 Å². The third kappa shape index (κ3) is 3.67. The first-order valence-corrected chi connectivity index (χ1v) is 5.45. The molecule has 0 bridgehead atoms. The van der Waals surface area contributed by atoms with Gasteiger partial charge in [-0.2, -0.15) is 0 Å². The highest BCUT2D eigenvalue weighted by atomic mass is 19.3. The summed E-state index contributed by atoms with van der Waals surface area (Å²) in [5.41, 5.74) is -1.33. The van der Waals surface area contributed by atoms with Gasteiger partial charge in [-0.15, -0.1) is 0 Å². The van der Waals surface area contributed by atoms with Gasteiger partial charge in [0.25, 0.3) is 12.1 Å². The zero-order valence-electron chi connectivity index (χ0n) is 10.4. The lowest BCUT2D eigenvalue weighted by Gasteiger charge is -2.09. The molecule has 8 heteroatoms. The highest BCUT2D eigenvalue weighted by molar-refractivity contribution is 5.73. The topological polar surface area (TPSA) is 82.3 Å². The van der Waals surface area contributed by atoms with Gasteiger partial charge in [0.1, 0.15) is 11.4 Å². The number of carbonyl (C=O) groups excluding carboxylic acids is 1. The van der Waals surface area contributed by atoms with Crippen LogP contribution < -0.4 is 0 Å². The van der Waals surface area contributed by atoms with Crippen LogP contribution in [0.3, 0.4) is 0 Å². The minimum Gasteiger partial charge on any atom is -0.466 e. The molecular weight excluding hydrogens is 262 g/mol. The fourth-order valence-corrected chi connectivity index (χ4v) is 1.54. The van der Waals surface area contributed by atoms with Crippen molar-refractivity contribution in [3.63, 3.8) is 0 Å². The van der Waals surface area contributed by atoms with Crippen molar-refractivity contribution in [3.8, 4) is 0 Å². The molecule has 0 atom stereocenters. The molecule has 0 radical (unpaired) electrons. The number of rotatable bonds is 5. The van der Waals surface area contributed by atoms with Gasteiger partial charge in [-0.05, 0) is 19.4 Å². The Labute approximate surface area is 107 Å². The number of hydrogen-bond acceptors (Lipinski definition) is 5. The Bertz CT molecular complexity index is 506. The molecule has 0 aliphatic carbocycles. The van der Waals surface area contributed by atoms with E-state index in [9.17, 15) is 23.7 Å². The van der Waals surface area contributed by atoms with E-state index in [2.05, 4.69) is 9.72 Å². The maximum Gasteiger partial charge on any atom is 0.310 e. The predicted octanol–water partition coefficient (Wildman–Crippen LogP) is 2.34. The first-order valence-electron chi connectivity index (χ1n) is 5.45. The number of nitrogens with zero attached hydrogens (tertiary/aromatic N) is 2. The van der Waals surface area contributed by atoms with Crippen molar-refractivity contribution in [1.29, 1.82) is 0 Å². The summed E-state index contributed by atoms with van der Waals surface area (Å²) >= 11 is 0. The molecule has 1 heterocycles. The number of hydrogen-bond donors (Lipinski definition) is 0. The molecule has 0 fully saturated rings. The van der Waals surface area contributed by atoms with E-state index in [4.69, 9.17) is 0 Å². The smallest absolute Gasteiger partial charge is 0.310 e. The van der Waals surface area contributed by atoms with E-state index < -0.39 is 35.1 Å². The van der Waals surface area contributed by atoms with E-state index in [1.807, 2.05) is 0 Å². The lowest BCUT2D eigenvalue weighted by Crippen LogP contribution is -2.12. The van der Waals surface area contributed by atoms with Crippen LogP contribution in [0.4, 0.5) is 14.5 Å². The van der Waals surface area contributed by atoms with Crippen molar-refractivity contribution in [2.75, 3.05) is 6.61 Å². The maximum atomic E-state index is 12.8. The summed E-state index contributed by atoms with van der Waals surface area (Å²) in [6.07, 6.45) is -3.38. The largest absolute Gasteiger partial charge is 0.466 e. The van der Waals surface area contributed by atoms with Crippen LogP contribution in [0.15, 0.2) is 6.07 Å². The maximum absolute atomic E-state index is 12.8. The van der Waals surface area contributed by atoms with Gasteiger partial charge >= 0.3 is 5.97 Å². The average molecular weight is 274 g/mol. The molecule has 0 saturated heterocycles. The predicted molar refractivity (Wildman–Crippen MR) is 60.9 cm³/mol. The zero-order valence-corrected chi connectivity index (χ0v) is 10.4. The first kappa shape index (κ1) is 14.9. The monoisotopic (exact) mass is 274 g/mol. The molecule has 0 aliphatic rings. The van der Waals surface area contributed by atoms with Crippen LogP contribution in [-0.4, -0.2) is 22.5 Å². The number of carbonyl (C=O) groups is 1. The lowest BCUT2D eigenvalue weighted by molar-refractivity contribution is -0.385. The molecule has 0 aliphatic heterocycles. The van der Waals surface area contributed by atoms with E-state index >= 15 is 0 Å². The zero-order chi connectivity index (χ0) is 14.6. The fraction of sp³-hybridized carbons (Fsp3) is 0.455. The Hall–Kier alpha value is -2.12. The van der Waals surface area contributed by atoms with Crippen molar-refractivity contribution in [3.05, 3.63) is 33.1 Å². The number of pyridine rings is 1. The molecule has 1 rings (SSSR count). The second-order valence-corrected chi connectivity index (χ2v) is 3.68. The van der Waals surface area contributed by atoms with Crippen LogP contribution >= 0.6 is 0 Å². The number of aromatic nitrogens is 1. The minimum atomic E-state index is -2.91. The van der Waals surface area contributed by atoms with Crippen molar-refractivity contribution in [1.82, 2.24) is 4.98 Å². The van der Waals surface area contributed by atoms with Gasteiger partial charge < -0.3 is 4.74 Å². The molecule has 1 aromatic heterocycles. The van der Waals surface area contributed by atoms with E-state index in [0.29, 0.717) is 0 Å². The molecule has 0 spiro atoms. The Morgan fingerprint density at radius 1 is 1.58 bits per heavy atom. The third-order valence-corrected chi connectivity index (χ3v) is 2.34. The quantitative estimate of drug-likeness (QED) is 0.467. The standard InChI is InChI=1S/C11H12F2N2O4/c1-3-19-9(16)5-7-4-8(15(17)18)6(2)14-10(7)11(12)13/h4,11H,3,5H2,1-2H3. The summed E-state index contributed by atoms with van der Waals surface area (Å²) in [4.78, 5) is 24.8. The average Bonchev–Trinajstić information content (AvgIpc) is 2.30. The van der Waals surface area contributed by atoms with Crippen molar-refractivity contribution in [2.45, 2.75) is 26.7 Å². The van der Waals surface area contributed by atoms with Gasteiger partial charge in [-0.25, -0.2) is 13.8 Å². The number of aryl methyl sites for hydroxylation is 1. The Kier molecular flexibility index (Phi) is 4.85. The summed E-state index contributed by atoms with van der Waals surface area (Å²) in [5.74, 6) is -0.732. The molecule has 0 amide bonds. The van der Waals surface area contributed by atoms with Crippen LogP contribution in [0.1, 0.15) is 30.3 Å². The second-order valence-electron chi connectivity index (χ2n) is 3.68. The molecule has 0 unspecified atom stereocenters. The number of alkyl halides is 2. The molecule has 6 nitrogen and oxygen atoms in total. The number of halogens is 2. The lowest BCUT2D eigenvalue weighted by atomic mass is 10.1. The molecule has 0 saturated carbocycles. The molecule has 19 heavy (non-hydrogen) atoms. The van der Waals surface area contributed by atoms with Crippen LogP contribution in [-0.2, 0) is 16.0 Å². The number of esters is 1. The van der Waals surface area contributed by atoms with Crippen LogP contribution in [0.25, 0.3) is 0 Å². The van der Waals surface area contributed by atoms with Gasteiger partial charge in [-0.3, -0.25) is 14.9 Å². The summed E-state index contributed by atoms with van der Waals surface area (Å²) < 4.78 is 30.2. The molecule has 104 valence electrons. The fourth-order valence-electron chi connectivity index (χ4n) is 1.54. The summed E-state index contributed by atoms with van der Waals surface area (Å²) in [5, 5.41) is 10.7. The molecular formula is C11H12F2N2O4. The van der Waals surface area contributed by atoms with E-state index in [-0.39, 0.29) is 17.9 Å². The summed E-state index contributed by atoms with van der Waals surface area (Å²) in [6.45, 7) is 2.93. The van der Waals surface area contributed by atoms with Gasteiger partial charge in [0.05, 0.1) is 18.0 Å². The van der Waals surface area contributed by atoms with Crippen LogP contribution in [0.5, 0.6) is 0 Å².